The number of aromatic nitrogens is 3. The molecule has 0 aromatic carbocycles. The molecule has 2 heterocycles. The first-order valence-electron chi connectivity index (χ1n) is 4.20. The number of ether oxygens (including phenoxy) is 1. The number of fused-ring (bicyclic) bond motifs is 1. The molecule has 0 unspecified atom stereocenters. The smallest absolute Gasteiger partial charge is 0.356 e. The fourth-order valence-electron chi connectivity index (χ4n) is 1.17. The van der Waals surface area contributed by atoms with Gasteiger partial charge in [0.05, 0.1) is 12.6 Å². The molecule has 0 amide bonds. The first-order chi connectivity index (χ1) is 7.61. The number of pyridine rings is 1. The molecule has 0 spiro atoms. The van der Waals surface area contributed by atoms with E-state index in [4.69, 9.17) is 23.2 Å². The molecule has 5 nitrogen and oxygen atoms in total. The van der Waals surface area contributed by atoms with E-state index in [2.05, 4.69) is 19.7 Å². The quantitative estimate of drug-likeness (QED) is 0.445. The zero-order chi connectivity index (χ0) is 11.7. The third-order valence-corrected chi connectivity index (χ3v) is 2.30. The van der Waals surface area contributed by atoms with Gasteiger partial charge in [-0.2, -0.15) is 0 Å². The second-order valence-electron chi connectivity index (χ2n) is 2.84. The molecule has 0 N–H and O–H groups in total. The summed E-state index contributed by atoms with van der Waals surface area (Å²) >= 11 is 11.5. The van der Waals surface area contributed by atoms with Crippen molar-refractivity contribution in [3.05, 3.63) is 28.3 Å². The first kappa shape index (κ1) is 11.0. The molecule has 0 radical (unpaired) electrons. The lowest BCUT2D eigenvalue weighted by atomic mass is 10.3. The summed E-state index contributed by atoms with van der Waals surface area (Å²) in [6.07, 6.45) is 0. The van der Waals surface area contributed by atoms with Crippen LogP contribution >= 0.6 is 23.2 Å². The third kappa shape index (κ3) is 1.91. The molecule has 0 aliphatic carbocycles. The van der Waals surface area contributed by atoms with E-state index in [1.807, 2.05) is 0 Å². The Morgan fingerprint density at radius 3 is 2.69 bits per heavy atom. The van der Waals surface area contributed by atoms with Crippen molar-refractivity contribution in [1.82, 2.24) is 15.0 Å². The van der Waals surface area contributed by atoms with E-state index in [0.29, 0.717) is 11.0 Å². The van der Waals surface area contributed by atoms with Crippen LogP contribution in [-0.2, 0) is 4.74 Å². The SMILES string of the molecule is COC(=O)c1ccc2nc(Cl)nc(Cl)c2n1. The highest BCUT2D eigenvalue weighted by atomic mass is 35.5. The average Bonchev–Trinajstić information content (AvgIpc) is 2.27. The summed E-state index contributed by atoms with van der Waals surface area (Å²) in [5.41, 5.74) is 0.925. The van der Waals surface area contributed by atoms with Crippen molar-refractivity contribution in [2.45, 2.75) is 0 Å². The first-order valence-corrected chi connectivity index (χ1v) is 4.95. The molecule has 0 atom stereocenters. The van der Waals surface area contributed by atoms with Crippen LogP contribution in [0.2, 0.25) is 10.4 Å². The minimum absolute atomic E-state index is 0.0325. The van der Waals surface area contributed by atoms with Gasteiger partial charge >= 0.3 is 5.97 Å². The highest BCUT2D eigenvalue weighted by Crippen LogP contribution is 2.20. The van der Waals surface area contributed by atoms with Crippen LogP contribution in [0.1, 0.15) is 10.5 Å². The topological polar surface area (TPSA) is 65.0 Å². The van der Waals surface area contributed by atoms with Crippen LogP contribution in [0.5, 0.6) is 0 Å². The third-order valence-electron chi connectivity index (χ3n) is 1.87. The van der Waals surface area contributed by atoms with E-state index in [1.54, 1.807) is 6.07 Å². The summed E-state index contributed by atoms with van der Waals surface area (Å²) < 4.78 is 4.54. The number of carbonyl (C=O) groups excluding carboxylic acids is 1. The van der Waals surface area contributed by atoms with Crippen LogP contribution in [0.25, 0.3) is 11.0 Å². The Balaban J connectivity index is 2.66. The van der Waals surface area contributed by atoms with Crippen LogP contribution in [-0.4, -0.2) is 28.0 Å². The molecule has 7 heteroatoms. The Labute approximate surface area is 100 Å². The molecule has 0 saturated heterocycles. The van der Waals surface area contributed by atoms with Gasteiger partial charge in [0.2, 0.25) is 5.28 Å². The fourth-order valence-corrected chi connectivity index (χ4v) is 1.61. The summed E-state index contributed by atoms with van der Waals surface area (Å²) in [4.78, 5) is 22.9. The average molecular weight is 258 g/mol. The fraction of sp³-hybridized carbons (Fsp3) is 0.111. The Morgan fingerprint density at radius 2 is 2.00 bits per heavy atom. The lowest BCUT2D eigenvalue weighted by Crippen LogP contribution is -2.04. The van der Waals surface area contributed by atoms with E-state index < -0.39 is 5.97 Å². The van der Waals surface area contributed by atoms with E-state index in [9.17, 15) is 4.79 Å². The van der Waals surface area contributed by atoms with Gasteiger partial charge in [0.1, 0.15) is 11.2 Å². The summed E-state index contributed by atoms with van der Waals surface area (Å²) in [6, 6.07) is 3.06. The molecule has 0 bridgehead atoms. The van der Waals surface area contributed by atoms with Crippen molar-refractivity contribution >= 4 is 40.2 Å². The number of nitrogens with zero attached hydrogens (tertiary/aromatic N) is 3. The van der Waals surface area contributed by atoms with Gasteiger partial charge in [-0.1, -0.05) is 11.6 Å². The van der Waals surface area contributed by atoms with Crippen molar-refractivity contribution in [2.24, 2.45) is 0 Å². The summed E-state index contributed by atoms with van der Waals surface area (Å²) in [5, 5.41) is 0.130. The predicted octanol–water partition coefficient (Wildman–Crippen LogP) is 2.12. The second kappa shape index (κ2) is 4.19. The number of hydrogen-bond donors (Lipinski definition) is 0. The molecular weight excluding hydrogens is 253 g/mol. The molecule has 16 heavy (non-hydrogen) atoms. The van der Waals surface area contributed by atoms with Gasteiger partial charge in [-0.25, -0.2) is 19.7 Å². The van der Waals surface area contributed by atoms with E-state index in [-0.39, 0.29) is 16.1 Å². The summed E-state index contributed by atoms with van der Waals surface area (Å²) in [5.74, 6) is -0.548. The Kier molecular flexibility index (Phi) is 2.89. The monoisotopic (exact) mass is 257 g/mol. The number of methoxy groups -OCH3 is 1. The zero-order valence-electron chi connectivity index (χ0n) is 8.07. The number of esters is 1. The predicted molar refractivity (Wildman–Crippen MR) is 58.7 cm³/mol. The maximum atomic E-state index is 11.2. The maximum Gasteiger partial charge on any atom is 0.356 e. The van der Waals surface area contributed by atoms with Gasteiger partial charge in [-0.05, 0) is 23.7 Å². The molecular formula is C9H5Cl2N3O2. The summed E-state index contributed by atoms with van der Waals surface area (Å²) in [6.45, 7) is 0. The van der Waals surface area contributed by atoms with E-state index in [0.717, 1.165) is 0 Å². The molecule has 0 aliphatic rings. The maximum absolute atomic E-state index is 11.2. The van der Waals surface area contributed by atoms with Crippen molar-refractivity contribution in [3.8, 4) is 0 Å². The highest BCUT2D eigenvalue weighted by molar-refractivity contribution is 6.35. The number of hydrogen-bond acceptors (Lipinski definition) is 5. The normalized spacial score (nSPS) is 10.4. The highest BCUT2D eigenvalue weighted by Gasteiger charge is 2.11. The van der Waals surface area contributed by atoms with Crippen molar-refractivity contribution in [3.63, 3.8) is 0 Å². The molecule has 0 aliphatic heterocycles. The molecule has 2 rings (SSSR count). The molecule has 2 aromatic heterocycles. The van der Waals surface area contributed by atoms with Gasteiger partial charge in [-0.15, -0.1) is 0 Å². The van der Waals surface area contributed by atoms with Gasteiger partial charge in [0, 0.05) is 0 Å². The van der Waals surface area contributed by atoms with Gasteiger partial charge < -0.3 is 4.74 Å². The minimum Gasteiger partial charge on any atom is -0.464 e. The number of rotatable bonds is 1. The summed E-state index contributed by atoms with van der Waals surface area (Å²) in [7, 11) is 1.27. The minimum atomic E-state index is -0.548. The molecule has 0 fully saturated rings. The van der Waals surface area contributed by atoms with Crippen LogP contribution in [0, 0.1) is 0 Å². The van der Waals surface area contributed by atoms with Gasteiger partial charge in [-0.3, -0.25) is 0 Å². The van der Waals surface area contributed by atoms with Crippen LogP contribution in [0.4, 0.5) is 0 Å². The number of carbonyl (C=O) groups is 1. The van der Waals surface area contributed by atoms with Crippen LogP contribution < -0.4 is 0 Å². The van der Waals surface area contributed by atoms with Gasteiger partial charge in [0.15, 0.2) is 5.15 Å². The molecule has 0 saturated carbocycles. The van der Waals surface area contributed by atoms with Crippen LogP contribution in [0.3, 0.4) is 0 Å². The lowest BCUT2D eigenvalue weighted by Gasteiger charge is -2.02. The second-order valence-corrected chi connectivity index (χ2v) is 3.54. The molecule has 82 valence electrons. The van der Waals surface area contributed by atoms with Crippen LogP contribution in [0.15, 0.2) is 12.1 Å². The largest absolute Gasteiger partial charge is 0.464 e. The Bertz CT molecular complexity index is 574. The standard InChI is InChI=1S/C9H5Cl2N3O2/c1-16-8(15)5-3-2-4-6(12-5)7(10)14-9(11)13-4/h2-3H,1H3. The van der Waals surface area contributed by atoms with E-state index in [1.165, 1.54) is 13.2 Å². The van der Waals surface area contributed by atoms with E-state index >= 15 is 0 Å². The zero-order valence-corrected chi connectivity index (χ0v) is 9.58. The molecule has 2 aromatic rings. The van der Waals surface area contributed by atoms with Gasteiger partial charge in [0.25, 0.3) is 0 Å². The van der Waals surface area contributed by atoms with Crippen molar-refractivity contribution in [1.29, 1.82) is 0 Å². The lowest BCUT2D eigenvalue weighted by molar-refractivity contribution is 0.0594. The van der Waals surface area contributed by atoms with Crippen molar-refractivity contribution < 1.29 is 9.53 Å². The number of halogens is 2. The van der Waals surface area contributed by atoms with Crippen molar-refractivity contribution in [2.75, 3.05) is 7.11 Å². The Morgan fingerprint density at radius 1 is 1.25 bits per heavy atom. The Hall–Kier alpha value is -1.46.